The zero-order valence-electron chi connectivity index (χ0n) is 13.5. The molecule has 4 heteroatoms. The second-order valence-electron chi connectivity index (χ2n) is 5.50. The third-order valence-corrected chi connectivity index (χ3v) is 3.87. The molecule has 0 aliphatic heterocycles. The monoisotopic (exact) mass is 328 g/mol. The van der Waals surface area contributed by atoms with Crippen molar-refractivity contribution in [3.8, 4) is 11.8 Å². The molecule has 0 fully saturated rings. The molecule has 3 aromatic rings. The van der Waals surface area contributed by atoms with Gasteiger partial charge in [-0.25, -0.2) is 0 Å². The first-order valence-corrected chi connectivity index (χ1v) is 7.79. The van der Waals surface area contributed by atoms with Crippen LogP contribution in [0.25, 0.3) is 16.8 Å². The van der Waals surface area contributed by atoms with E-state index >= 15 is 0 Å². The maximum atomic E-state index is 11.3. The number of carbonyl (C=O) groups excluding carboxylic acids is 1. The summed E-state index contributed by atoms with van der Waals surface area (Å²) in [5.74, 6) is -0.171. The number of nitrogens with two attached hydrogens (primary N) is 1. The molecule has 0 atom stereocenters. The van der Waals surface area contributed by atoms with Gasteiger partial charge < -0.3 is 10.5 Å². The van der Waals surface area contributed by atoms with Crippen LogP contribution in [0.4, 0.5) is 0 Å². The van der Waals surface area contributed by atoms with Crippen molar-refractivity contribution in [3.05, 3.63) is 83.4 Å². The predicted octanol–water partition coefficient (Wildman–Crippen LogP) is 3.81. The van der Waals surface area contributed by atoms with E-state index in [1.54, 1.807) is 18.2 Å². The summed E-state index contributed by atoms with van der Waals surface area (Å²) < 4.78 is 5.95. The zero-order chi connectivity index (χ0) is 17.6. The first-order valence-electron chi connectivity index (χ1n) is 7.79. The topological polar surface area (TPSA) is 76.1 Å². The third-order valence-electron chi connectivity index (χ3n) is 3.87. The van der Waals surface area contributed by atoms with Crippen LogP contribution in [0.2, 0.25) is 0 Å². The lowest BCUT2D eigenvalue weighted by atomic mass is 10.1. The Bertz CT molecular complexity index is 995. The van der Waals surface area contributed by atoms with Crippen LogP contribution in [0.5, 0.6) is 5.75 Å². The third kappa shape index (κ3) is 3.67. The fourth-order valence-corrected chi connectivity index (χ4v) is 2.62. The minimum absolute atomic E-state index is 0.110. The number of primary amides is 1. The van der Waals surface area contributed by atoms with Crippen molar-refractivity contribution in [2.45, 2.75) is 6.61 Å². The molecule has 3 rings (SSSR count). The van der Waals surface area contributed by atoms with Crippen molar-refractivity contribution in [1.82, 2.24) is 0 Å². The molecule has 0 unspecified atom stereocenters. The van der Waals surface area contributed by atoms with Crippen molar-refractivity contribution >= 4 is 22.8 Å². The van der Waals surface area contributed by atoms with Crippen LogP contribution in [0, 0.1) is 11.3 Å². The molecular weight excluding hydrogens is 312 g/mol. The molecule has 0 aliphatic rings. The van der Waals surface area contributed by atoms with Gasteiger partial charge in [-0.1, -0.05) is 60.7 Å². The van der Waals surface area contributed by atoms with E-state index in [1.165, 1.54) is 6.08 Å². The maximum Gasteiger partial charge on any atom is 0.259 e. The van der Waals surface area contributed by atoms with E-state index in [-0.39, 0.29) is 5.57 Å². The van der Waals surface area contributed by atoms with Crippen LogP contribution in [-0.4, -0.2) is 5.91 Å². The van der Waals surface area contributed by atoms with E-state index in [0.717, 1.165) is 16.3 Å². The molecule has 0 aromatic heterocycles. The van der Waals surface area contributed by atoms with Crippen LogP contribution in [0.3, 0.4) is 0 Å². The molecule has 122 valence electrons. The Morgan fingerprint density at radius 1 is 1.04 bits per heavy atom. The molecule has 0 aliphatic carbocycles. The molecule has 0 radical (unpaired) electrons. The quantitative estimate of drug-likeness (QED) is 0.571. The Balaban J connectivity index is 1.89. The Hall–Kier alpha value is -3.58. The first kappa shape index (κ1) is 16.3. The lowest BCUT2D eigenvalue weighted by Crippen LogP contribution is -2.12. The molecule has 0 saturated heterocycles. The summed E-state index contributed by atoms with van der Waals surface area (Å²) in [4.78, 5) is 11.3. The average molecular weight is 328 g/mol. The van der Waals surface area contributed by atoms with Crippen molar-refractivity contribution < 1.29 is 9.53 Å². The molecule has 0 spiro atoms. The van der Waals surface area contributed by atoms with Gasteiger partial charge in [0.2, 0.25) is 0 Å². The lowest BCUT2D eigenvalue weighted by molar-refractivity contribution is -0.114. The van der Waals surface area contributed by atoms with Gasteiger partial charge in [0.05, 0.1) is 0 Å². The highest BCUT2D eigenvalue weighted by Gasteiger charge is 2.08. The number of benzene rings is 3. The van der Waals surface area contributed by atoms with E-state index in [0.29, 0.717) is 17.9 Å². The molecule has 4 nitrogen and oxygen atoms in total. The Morgan fingerprint density at radius 3 is 2.56 bits per heavy atom. The van der Waals surface area contributed by atoms with Crippen LogP contribution < -0.4 is 10.5 Å². The highest BCUT2D eigenvalue weighted by Crippen LogP contribution is 2.24. The van der Waals surface area contributed by atoms with Gasteiger partial charge in [-0.15, -0.1) is 0 Å². The summed E-state index contributed by atoms with van der Waals surface area (Å²) in [6.07, 6.45) is 1.45. The van der Waals surface area contributed by atoms with Crippen molar-refractivity contribution in [2.24, 2.45) is 5.73 Å². The van der Waals surface area contributed by atoms with E-state index in [9.17, 15) is 4.79 Å². The second-order valence-corrected chi connectivity index (χ2v) is 5.50. The Morgan fingerprint density at radius 2 is 1.76 bits per heavy atom. The minimum atomic E-state index is -0.758. The highest BCUT2D eigenvalue weighted by molar-refractivity contribution is 6.00. The number of nitriles is 1. The Kier molecular flexibility index (Phi) is 4.77. The number of amides is 1. The zero-order valence-corrected chi connectivity index (χ0v) is 13.5. The number of carbonyl (C=O) groups is 1. The fourth-order valence-electron chi connectivity index (χ4n) is 2.62. The van der Waals surface area contributed by atoms with Gasteiger partial charge in [0, 0.05) is 5.56 Å². The average Bonchev–Trinajstić information content (AvgIpc) is 2.65. The lowest BCUT2D eigenvalue weighted by Gasteiger charge is -2.11. The van der Waals surface area contributed by atoms with Gasteiger partial charge in [0.15, 0.2) is 0 Å². The first-order chi connectivity index (χ1) is 12.2. The minimum Gasteiger partial charge on any atom is -0.488 e. The molecule has 25 heavy (non-hydrogen) atoms. The molecule has 2 N–H and O–H groups in total. The highest BCUT2D eigenvalue weighted by atomic mass is 16.5. The van der Waals surface area contributed by atoms with Crippen molar-refractivity contribution in [3.63, 3.8) is 0 Å². The van der Waals surface area contributed by atoms with Crippen LogP contribution in [-0.2, 0) is 11.4 Å². The van der Waals surface area contributed by atoms with Gasteiger partial charge >= 0.3 is 0 Å². The maximum absolute atomic E-state index is 11.3. The van der Waals surface area contributed by atoms with Crippen molar-refractivity contribution in [1.29, 1.82) is 5.26 Å². The van der Waals surface area contributed by atoms with Gasteiger partial charge in [-0.05, 0) is 28.5 Å². The normalized spacial score (nSPS) is 11.1. The summed E-state index contributed by atoms with van der Waals surface area (Å²) in [6.45, 7) is 0.380. The number of ether oxygens (including phenoxy) is 1. The number of rotatable bonds is 5. The van der Waals surface area contributed by atoms with Crippen LogP contribution in [0.15, 0.2) is 72.3 Å². The Labute approximate surface area is 145 Å². The van der Waals surface area contributed by atoms with E-state index in [1.807, 2.05) is 36.4 Å². The largest absolute Gasteiger partial charge is 0.488 e. The molecular formula is C21H16N2O2. The number of hydrogen-bond donors (Lipinski definition) is 1. The fraction of sp³-hybridized carbons (Fsp3) is 0.0476. The summed E-state index contributed by atoms with van der Waals surface area (Å²) in [5, 5.41) is 11.3. The van der Waals surface area contributed by atoms with E-state index in [4.69, 9.17) is 15.7 Å². The standard InChI is InChI=1S/C21H16N2O2/c22-13-18(21(23)24)12-16-7-2-4-11-20(16)25-14-17-9-5-8-15-6-1-3-10-19(15)17/h1-12H,14H2,(H2,23,24)/b18-12+. The number of hydrogen-bond acceptors (Lipinski definition) is 3. The summed E-state index contributed by atoms with van der Waals surface area (Å²) in [7, 11) is 0. The predicted molar refractivity (Wildman–Crippen MR) is 97.5 cm³/mol. The van der Waals surface area contributed by atoms with E-state index < -0.39 is 5.91 Å². The number of nitrogens with zero attached hydrogens (tertiary/aromatic N) is 1. The van der Waals surface area contributed by atoms with Crippen LogP contribution in [0.1, 0.15) is 11.1 Å². The summed E-state index contributed by atoms with van der Waals surface area (Å²) in [6, 6.07) is 23.2. The molecule has 3 aromatic carbocycles. The van der Waals surface area contributed by atoms with Crippen molar-refractivity contribution in [2.75, 3.05) is 0 Å². The van der Waals surface area contributed by atoms with E-state index in [2.05, 4.69) is 18.2 Å². The second kappa shape index (κ2) is 7.33. The number of para-hydroxylation sites is 1. The van der Waals surface area contributed by atoms with Gasteiger partial charge in [0.25, 0.3) is 5.91 Å². The molecule has 0 heterocycles. The van der Waals surface area contributed by atoms with Gasteiger partial charge in [-0.2, -0.15) is 5.26 Å². The van der Waals surface area contributed by atoms with Gasteiger partial charge in [-0.3, -0.25) is 4.79 Å². The molecule has 0 bridgehead atoms. The van der Waals surface area contributed by atoms with Gasteiger partial charge in [0.1, 0.15) is 24.0 Å². The number of fused-ring (bicyclic) bond motifs is 1. The molecule has 0 saturated carbocycles. The summed E-state index contributed by atoms with van der Waals surface area (Å²) >= 11 is 0. The SMILES string of the molecule is N#C/C(=C\c1ccccc1OCc1cccc2ccccc12)C(N)=O. The molecule has 1 amide bonds. The van der Waals surface area contributed by atoms with Crippen LogP contribution >= 0.6 is 0 Å². The smallest absolute Gasteiger partial charge is 0.259 e. The summed E-state index contributed by atoms with van der Waals surface area (Å²) in [5.41, 5.74) is 6.79.